The summed E-state index contributed by atoms with van der Waals surface area (Å²) in [5.74, 6) is 0.411. The summed E-state index contributed by atoms with van der Waals surface area (Å²) in [5, 5.41) is 6.18. The Morgan fingerprint density at radius 2 is 2.05 bits per heavy atom. The molecule has 0 radical (unpaired) electrons. The first-order valence-corrected chi connectivity index (χ1v) is 7.83. The van der Waals surface area contributed by atoms with Gasteiger partial charge in [-0.2, -0.15) is 0 Å². The van der Waals surface area contributed by atoms with Crippen LogP contribution in [0.4, 0.5) is 5.82 Å². The molecule has 0 aliphatic rings. The summed E-state index contributed by atoms with van der Waals surface area (Å²) in [6, 6.07) is 5.31. The first-order chi connectivity index (χ1) is 9.90. The fourth-order valence-electron chi connectivity index (χ4n) is 2.19. The number of aromatic nitrogens is 1. The third-order valence-corrected chi connectivity index (χ3v) is 4.38. The summed E-state index contributed by atoms with van der Waals surface area (Å²) < 4.78 is 0. The zero-order chi connectivity index (χ0) is 15.6. The van der Waals surface area contributed by atoms with E-state index in [2.05, 4.69) is 35.5 Å². The highest BCUT2D eigenvalue weighted by atomic mass is 35.5. The van der Waals surface area contributed by atoms with Gasteiger partial charge in [0.2, 0.25) is 0 Å². The summed E-state index contributed by atoms with van der Waals surface area (Å²) >= 11 is 7.66. The summed E-state index contributed by atoms with van der Waals surface area (Å²) in [5.41, 5.74) is 1.65. The van der Waals surface area contributed by atoms with E-state index in [4.69, 9.17) is 11.6 Å². The quantitative estimate of drug-likeness (QED) is 0.838. The molecule has 6 heteroatoms. The van der Waals surface area contributed by atoms with Gasteiger partial charge in [-0.1, -0.05) is 11.6 Å². The molecule has 0 fully saturated rings. The van der Waals surface area contributed by atoms with E-state index in [0.29, 0.717) is 16.5 Å². The van der Waals surface area contributed by atoms with Crippen molar-refractivity contribution in [1.29, 1.82) is 0 Å². The Hall–Kier alpha value is -1.59. The van der Waals surface area contributed by atoms with Gasteiger partial charge in [0.15, 0.2) is 0 Å². The molecule has 2 heterocycles. The molecule has 0 bridgehead atoms. The van der Waals surface area contributed by atoms with Crippen molar-refractivity contribution in [3.63, 3.8) is 0 Å². The van der Waals surface area contributed by atoms with Crippen LogP contribution in [0.25, 0.3) is 0 Å². The van der Waals surface area contributed by atoms with Gasteiger partial charge in [0.05, 0.1) is 6.04 Å². The van der Waals surface area contributed by atoms with Gasteiger partial charge in [0, 0.05) is 22.4 Å². The molecule has 4 nitrogen and oxygen atoms in total. The van der Waals surface area contributed by atoms with Crippen molar-refractivity contribution in [2.24, 2.45) is 0 Å². The van der Waals surface area contributed by atoms with E-state index in [1.54, 1.807) is 30.5 Å². The maximum atomic E-state index is 12.3. The Labute approximate surface area is 133 Å². The van der Waals surface area contributed by atoms with Crippen LogP contribution in [0.5, 0.6) is 0 Å². The number of nitrogens with one attached hydrogen (secondary N) is 2. The average Bonchev–Trinajstić information content (AvgIpc) is 2.76. The van der Waals surface area contributed by atoms with E-state index >= 15 is 0 Å². The SMILES string of the molecule is CNc1cc(C(=O)NC(C)c2cc(C)sc2C)cc(Cl)n1. The van der Waals surface area contributed by atoms with Crippen LogP contribution in [0.15, 0.2) is 18.2 Å². The molecule has 0 aliphatic heterocycles. The second-order valence-corrected chi connectivity index (χ2v) is 6.73. The predicted molar refractivity (Wildman–Crippen MR) is 88.5 cm³/mol. The Balaban J connectivity index is 2.18. The van der Waals surface area contributed by atoms with Crippen molar-refractivity contribution < 1.29 is 4.79 Å². The number of pyridine rings is 1. The first kappa shape index (κ1) is 15.8. The summed E-state index contributed by atoms with van der Waals surface area (Å²) in [6.07, 6.45) is 0. The van der Waals surface area contributed by atoms with Gasteiger partial charge < -0.3 is 10.6 Å². The van der Waals surface area contributed by atoms with Crippen molar-refractivity contribution in [2.75, 3.05) is 12.4 Å². The van der Waals surface area contributed by atoms with Crippen LogP contribution < -0.4 is 10.6 Å². The van der Waals surface area contributed by atoms with Crippen LogP contribution in [-0.4, -0.2) is 17.9 Å². The molecule has 1 amide bonds. The fraction of sp³-hybridized carbons (Fsp3) is 0.333. The molecule has 21 heavy (non-hydrogen) atoms. The minimum Gasteiger partial charge on any atom is -0.373 e. The molecule has 2 N–H and O–H groups in total. The van der Waals surface area contributed by atoms with Crippen LogP contribution in [0.2, 0.25) is 5.15 Å². The number of nitrogens with zero attached hydrogens (tertiary/aromatic N) is 1. The standard InChI is InChI=1S/C15H18ClN3OS/c1-8-5-12(10(3)21-8)9(2)18-15(20)11-6-13(16)19-14(7-11)17-4/h5-7,9H,1-4H3,(H,17,19)(H,18,20). The largest absolute Gasteiger partial charge is 0.373 e. The average molecular weight is 324 g/mol. The van der Waals surface area contributed by atoms with Gasteiger partial charge >= 0.3 is 0 Å². The summed E-state index contributed by atoms with van der Waals surface area (Å²) in [4.78, 5) is 18.9. The number of carbonyl (C=O) groups excluding carboxylic acids is 1. The molecule has 2 aromatic rings. The number of anilines is 1. The third kappa shape index (κ3) is 3.74. The molecule has 0 spiro atoms. The molecular weight excluding hydrogens is 306 g/mol. The summed E-state index contributed by atoms with van der Waals surface area (Å²) in [6.45, 7) is 6.11. The molecule has 112 valence electrons. The molecule has 0 saturated heterocycles. The first-order valence-electron chi connectivity index (χ1n) is 6.64. The molecule has 2 rings (SSSR count). The van der Waals surface area contributed by atoms with Gasteiger partial charge in [0.1, 0.15) is 11.0 Å². The smallest absolute Gasteiger partial charge is 0.251 e. The monoisotopic (exact) mass is 323 g/mol. The van der Waals surface area contributed by atoms with E-state index < -0.39 is 0 Å². The van der Waals surface area contributed by atoms with Crippen LogP contribution in [0, 0.1) is 13.8 Å². The van der Waals surface area contributed by atoms with E-state index in [9.17, 15) is 4.79 Å². The van der Waals surface area contributed by atoms with Gasteiger partial charge in [0.25, 0.3) is 5.91 Å². The zero-order valence-corrected chi connectivity index (χ0v) is 14.0. The van der Waals surface area contributed by atoms with E-state index in [1.165, 1.54) is 9.75 Å². The Bertz CT molecular complexity index is 669. The Morgan fingerprint density at radius 1 is 1.33 bits per heavy atom. The molecule has 0 aromatic carbocycles. The number of amides is 1. The van der Waals surface area contributed by atoms with E-state index in [0.717, 1.165) is 5.56 Å². The normalized spacial score (nSPS) is 12.0. The van der Waals surface area contributed by atoms with E-state index in [-0.39, 0.29) is 11.9 Å². The lowest BCUT2D eigenvalue weighted by molar-refractivity contribution is 0.0940. The highest BCUT2D eigenvalue weighted by molar-refractivity contribution is 7.12. The van der Waals surface area contributed by atoms with Crippen LogP contribution in [0.3, 0.4) is 0 Å². The lowest BCUT2D eigenvalue weighted by atomic mass is 10.1. The lowest BCUT2D eigenvalue weighted by Gasteiger charge is -2.14. The zero-order valence-electron chi connectivity index (χ0n) is 12.5. The molecule has 0 saturated carbocycles. The highest BCUT2D eigenvalue weighted by Crippen LogP contribution is 2.26. The van der Waals surface area contributed by atoms with Crippen LogP contribution in [-0.2, 0) is 0 Å². The predicted octanol–water partition coefficient (Wildman–Crippen LogP) is 3.95. The van der Waals surface area contributed by atoms with Crippen molar-refractivity contribution in [3.8, 4) is 0 Å². The number of thiophene rings is 1. The number of halogens is 1. The van der Waals surface area contributed by atoms with Gasteiger partial charge in [-0.25, -0.2) is 4.98 Å². The second kappa shape index (κ2) is 6.45. The number of aryl methyl sites for hydroxylation is 2. The van der Waals surface area contributed by atoms with Gasteiger partial charge in [-0.15, -0.1) is 11.3 Å². The third-order valence-electron chi connectivity index (χ3n) is 3.21. The van der Waals surface area contributed by atoms with Crippen molar-refractivity contribution in [3.05, 3.63) is 44.2 Å². The maximum absolute atomic E-state index is 12.3. The van der Waals surface area contributed by atoms with Gasteiger partial charge in [-0.05, 0) is 44.5 Å². The molecule has 0 aliphatic carbocycles. The Kier molecular flexibility index (Phi) is 4.85. The second-order valence-electron chi connectivity index (χ2n) is 4.88. The maximum Gasteiger partial charge on any atom is 0.251 e. The van der Waals surface area contributed by atoms with Crippen LogP contribution >= 0.6 is 22.9 Å². The van der Waals surface area contributed by atoms with Gasteiger partial charge in [-0.3, -0.25) is 4.79 Å². The van der Waals surface area contributed by atoms with Crippen molar-refractivity contribution >= 4 is 34.7 Å². The summed E-state index contributed by atoms with van der Waals surface area (Å²) in [7, 11) is 1.74. The molecule has 1 atom stereocenters. The van der Waals surface area contributed by atoms with Crippen molar-refractivity contribution in [2.45, 2.75) is 26.8 Å². The highest BCUT2D eigenvalue weighted by Gasteiger charge is 2.16. The number of rotatable bonds is 4. The minimum absolute atomic E-state index is 0.0487. The molecule has 1 unspecified atom stereocenters. The topological polar surface area (TPSA) is 54.0 Å². The number of hydrogen-bond donors (Lipinski definition) is 2. The lowest BCUT2D eigenvalue weighted by Crippen LogP contribution is -2.26. The minimum atomic E-state index is -0.161. The van der Waals surface area contributed by atoms with Crippen molar-refractivity contribution in [1.82, 2.24) is 10.3 Å². The fourth-order valence-corrected chi connectivity index (χ4v) is 3.43. The van der Waals surface area contributed by atoms with Crippen LogP contribution in [0.1, 0.15) is 38.6 Å². The molecular formula is C15H18ClN3OS. The number of hydrogen-bond acceptors (Lipinski definition) is 4. The molecule has 2 aromatic heterocycles. The Morgan fingerprint density at radius 3 is 2.62 bits per heavy atom. The van der Waals surface area contributed by atoms with E-state index in [1.807, 2.05) is 6.92 Å². The number of carbonyl (C=O) groups is 1.